The summed E-state index contributed by atoms with van der Waals surface area (Å²) >= 11 is 5.70. The lowest BCUT2D eigenvalue weighted by molar-refractivity contribution is -0.384. The summed E-state index contributed by atoms with van der Waals surface area (Å²) in [7, 11) is 0. The quantitative estimate of drug-likeness (QED) is 0.619. The third-order valence-electron chi connectivity index (χ3n) is 3.10. The minimum Gasteiger partial charge on any atom is -0.352 e. The Morgan fingerprint density at radius 1 is 1.12 bits per heavy atom. The lowest BCUT2D eigenvalue weighted by atomic mass is 10.2. The Morgan fingerprint density at radius 2 is 1.83 bits per heavy atom. The van der Waals surface area contributed by atoms with Gasteiger partial charge in [-0.25, -0.2) is 0 Å². The average Bonchev–Trinajstić information content (AvgIpc) is 2.57. The van der Waals surface area contributed by atoms with Gasteiger partial charge in [0.1, 0.15) is 5.02 Å². The molecule has 0 aliphatic carbocycles. The van der Waals surface area contributed by atoms with E-state index in [0.29, 0.717) is 5.56 Å². The second-order valence-corrected chi connectivity index (χ2v) is 5.25. The average molecular weight is 348 g/mol. The molecule has 0 radical (unpaired) electrons. The molecule has 2 aromatic rings. The molecule has 2 N–H and O–H groups in total. The van der Waals surface area contributed by atoms with Gasteiger partial charge in [-0.3, -0.25) is 19.7 Å². The fraction of sp³-hybridized carbons (Fsp3) is 0.125. The summed E-state index contributed by atoms with van der Waals surface area (Å²) in [6, 6.07) is 12.6. The normalized spacial score (nSPS) is 10.0. The molecule has 0 aliphatic heterocycles. The summed E-state index contributed by atoms with van der Waals surface area (Å²) in [6.45, 7) is 0.148. The van der Waals surface area contributed by atoms with Crippen molar-refractivity contribution in [3.8, 4) is 0 Å². The number of carbonyl (C=O) groups is 2. The third kappa shape index (κ3) is 4.79. The van der Waals surface area contributed by atoms with Crippen LogP contribution < -0.4 is 10.6 Å². The van der Waals surface area contributed by atoms with Crippen LogP contribution in [0.25, 0.3) is 0 Å². The van der Waals surface area contributed by atoms with Crippen molar-refractivity contribution < 1.29 is 14.5 Å². The van der Waals surface area contributed by atoms with Gasteiger partial charge in [-0.2, -0.15) is 0 Å². The van der Waals surface area contributed by atoms with Crippen molar-refractivity contribution in [2.75, 3.05) is 11.9 Å². The van der Waals surface area contributed by atoms with Crippen molar-refractivity contribution in [3.05, 3.63) is 69.2 Å². The monoisotopic (exact) mass is 347 g/mol. The minimum absolute atomic E-state index is 0.00637. The van der Waals surface area contributed by atoms with Crippen LogP contribution in [0.3, 0.4) is 0 Å². The number of anilines is 1. The first-order valence-corrected chi connectivity index (χ1v) is 7.42. The van der Waals surface area contributed by atoms with Crippen LogP contribution in [0.4, 0.5) is 11.4 Å². The highest BCUT2D eigenvalue weighted by Gasteiger charge is 2.14. The van der Waals surface area contributed by atoms with E-state index < -0.39 is 4.92 Å². The molecule has 0 bridgehead atoms. The van der Waals surface area contributed by atoms with Gasteiger partial charge in [-0.15, -0.1) is 0 Å². The van der Waals surface area contributed by atoms with E-state index in [-0.39, 0.29) is 41.2 Å². The number of nitro benzene ring substituents is 1. The molecule has 0 aromatic heterocycles. The molecule has 8 heteroatoms. The van der Waals surface area contributed by atoms with Crippen LogP contribution in [0, 0.1) is 10.1 Å². The van der Waals surface area contributed by atoms with Crippen LogP contribution in [-0.4, -0.2) is 23.3 Å². The van der Waals surface area contributed by atoms with Crippen molar-refractivity contribution >= 4 is 34.8 Å². The molecule has 7 nitrogen and oxygen atoms in total. The van der Waals surface area contributed by atoms with Gasteiger partial charge in [0.15, 0.2) is 0 Å². The van der Waals surface area contributed by atoms with Crippen molar-refractivity contribution in [1.82, 2.24) is 5.32 Å². The van der Waals surface area contributed by atoms with Gasteiger partial charge in [-0.05, 0) is 24.3 Å². The molecule has 0 atom stereocenters. The van der Waals surface area contributed by atoms with Crippen LogP contribution in [0.5, 0.6) is 0 Å². The molecule has 0 unspecified atom stereocenters. The van der Waals surface area contributed by atoms with Crippen molar-refractivity contribution in [2.24, 2.45) is 0 Å². The summed E-state index contributed by atoms with van der Waals surface area (Å²) in [5.41, 5.74) is 0.489. The van der Waals surface area contributed by atoms with E-state index in [4.69, 9.17) is 11.6 Å². The van der Waals surface area contributed by atoms with E-state index in [2.05, 4.69) is 10.6 Å². The Bertz CT molecular complexity index is 765. The summed E-state index contributed by atoms with van der Waals surface area (Å²) < 4.78 is 0. The molecule has 2 amide bonds. The molecule has 0 saturated carbocycles. The molecule has 124 valence electrons. The number of nitrogens with zero attached hydrogens (tertiary/aromatic N) is 1. The topological polar surface area (TPSA) is 101 Å². The predicted molar refractivity (Wildman–Crippen MR) is 90.1 cm³/mol. The van der Waals surface area contributed by atoms with E-state index >= 15 is 0 Å². The van der Waals surface area contributed by atoms with Gasteiger partial charge < -0.3 is 10.6 Å². The number of rotatable bonds is 6. The minimum atomic E-state index is -0.627. The zero-order valence-electron chi connectivity index (χ0n) is 12.5. The maximum atomic E-state index is 11.8. The molecule has 24 heavy (non-hydrogen) atoms. The summed E-state index contributed by atoms with van der Waals surface area (Å²) in [6.07, 6.45) is 0.0367. The maximum absolute atomic E-state index is 11.8. The number of nitro groups is 1. The van der Waals surface area contributed by atoms with Gasteiger partial charge >= 0.3 is 0 Å². The van der Waals surface area contributed by atoms with Crippen molar-refractivity contribution in [1.29, 1.82) is 0 Å². The summed E-state index contributed by atoms with van der Waals surface area (Å²) in [4.78, 5) is 33.8. The Labute approximate surface area is 142 Å². The number of benzene rings is 2. The zero-order valence-corrected chi connectivity index (χ0v) is 13.2. The smallest absolute Gasteiger partial charge is 0.289 e. The molecule has 0 aliphatic rings. The van der Waals surface area contributed by atoms with Crippen molar-refractivity contribution in [3.63, 3.8) is 0 Å². The number of hydrogen-bond acceptors (Lipinski definition) is 4. The molecule has 0 fully saturated rings. The Kier molecular flexibility index (Phi) is 5.86. The van der Waals surface area contributed by atoms with E-state index in [1.165, 1.54) is 18.2 Å². The molecule has 2 rings (SSSR count). The van der Waals surface area contributed by atoms with E-state index in [1.807, 2.05) is 0 Å². The third-order valence-corrected chi connectivity index (χ3v) is 3.42. The second kappa shape index (κ2) is 8.07. The van der Waals surface area contributed by atoms with Gasteiger partial charge in [0.05, 0.1) is 4.92 Å². The first-order chi connectivity index (χ1) is 11.5. The van der Waals surface area contributed by atoms with E-state index in [1.54, 1.807) is 30.3 Å². The van der Waals surface area contributed by atoms with Crippen LogP contribution in [0.15, 0.2) is 48.5 Å². The second-order valence-electron chi connectivity index (χ2n) is 4.84. The predicted octanol–water partition coefficient (Wildman–Crippen LogP) is 3.01. The Hall–Kier alpha value is -2.93. The van der Waals surface area contributed by atoms with Crippen molar-refractivity contribution in [2.45, 2.75) is 6.42 Å². The van der Waals surface area contributed by atoms with Gasteiger partial charge in [0, 0.05) is 30.3 Å². The number of halogens is 1. The lowest BCUT2D eigenvalue weighted by Gasteiger charge is -2.07. The van der Waals surface area contributed by atoms with Crippen LogP contribution >= 0.6 is 11.6 Å². The largest absolute Gasteiger partial charge is 0.352 e. The van der Waals surface area contributed by atoms with Crippen LogP contribution in [0.1, 0.15) is 16.8 Å². The first-order valence-electron chi connectivity index (χ1n) is 7.04. The van der Waals surface area contributed by atoms with Gasteiger partial charge in [0.25, 0.3) is 11.6 Å². The standard InChI is InChI=1S/C16H14ClN3O4/c17-13-7-6-12(10-14(13)20(23)24)19-15(21)8-9-18-16(22)11-4-2-1-3-5-11/h1-7,10H,8-9H2,(H,18,22)(H,19,21). The molecular formula is C16H14ClN3O4. The zero-order chi connectivity index (χ0) is 17.5. The molecule has 0 saturated heterocycles. The number of carbonyl (C=O) groups excluding carboxylic acids is 2. The molecule has 0 spiro atoms. The molecule has 2 aromatic carbocycles. The highest BCUT2D eigenvalue weighted by Crippen LogP contribution is 2.27. The fourth-order valence-electron chi connectivity index (χ4n) is 1.93. The number of hydrogen-bond donors (Lipinski definition) is 2. The first kappa shape index (κ1) is 17.4. The lowest BCUT2D eigenvalue weighted by Crippen LogP contribution is -2.27. The van der Waals surface area contributed by atoms with E-state index in [0.717, 1.165) is 0 Å². The maximum Gasteiger partial charge on any atom is 0.289 e. The Morgan fingerprint density at radius 3 is 2.50 bits per heavy atom. The highest BCUT2D eigenvalue weighted by atomic mass is 35.5. The SMILES string of the molecule is O=C(CCNC(=O)c1ccccc1)Nc1ccc(Cl)c([N+](=O)[O-])c1. The number of amides is 2. The van der Waals surface area contributed by atoms with Gasteiger partial charge in [-0.1, -0.05) is 29.8 Å². The molecule has 0 heterocycles. The number of nitrogens with one attached hydrogen (secondary N) is 2. The fourth-order valence-corrected chi connectivity index (χ4v) is 2.12. The highest BCUT2D eigenvalue weighted by molar-refractivity contribution is 6.32. The van der Waals surface area contributed by atoms with Gasteiger partial charge in [0.2, 0.25) is 5.91 Å². The molecular weight excluding hydrogens is 334 g/mol. The summed E-state index contributed by atoms with van der Waals surface area (Å²) in [5.74, 6) is -0.648. The van der Waals surface area contributed by atoms with E-state index in [9.17, 15) is 19.7 Å². The van der Waals surface area contributed by atoms with Crippen LogP contribution in [-0.2, 0) is 4.79 Å². The Balaban J connectivity index is 1.85. The summed E-state index contributed by atoms with van der Waals surface area (Å²) in [5, 5.41) is 15.9. The van der Waals surface area contributed by atoms with Crippen LogP contribution in [0.2, 0.25) is 5.02 Å².